The Bertz CT molecular complexity index is 640. The van der Waals surface area contributed by atoms with E-state index in [4.69, 9.17) is 18.0 Å². The first-order chi connectivity index (χ1) is 8.99. The number of rotatable bonds is 2. The summed E-state index contributed by atoms with van der Waals surface area (Å²) >= 11 is 8.32. The number of nitrogens with zero attached hydrogens (tertiary/aromatic N) is 3. The van der Waals surface area contributed by atoms with E-state index in [0.29, 0.717) is 11.3 Å². The number of carbonyl (C=O) groups is 1. The van der Waals surface area contributed by atoms with E-state index < -0.39 is 0 Å². The van der Waals surface area contributed by atoms with Gasteiger partial charge in [-0.1, -0.05) is 22.0 Å². The number of hydrogen-bond acceptors (Lipinski definition) is 3. The van der Waals surface area contributed by atoms with Crippen LogP contribution in [0.1, 0.15) is 10.4 Å². The molecule has 1 heterocycles. The lowest BCUT2D eigenvalue weighted by Gasteiger charge is -2.20. The Balaban J connectivity index is 2.41. The molecular weight excluding hydrogens is 328 g/mol. The van der Waals surface area contributed by atoms with E-state index in [1.54, 1.807) is 36.1 Å². The molecule has 1 aromatic heterocycles. The van der Waals surface area contributed by atoms with Gasteiger partial charge in [-0.2, -0.15) is 5.10 Å². The number of nitrogens with two attached hydrogens (primary N) is 1. The van der Waals surface area contributed by atoms with Gasteiger partial charge in [0.1, 0.15) is 0 Å². The lowest BCUT2D eigenvalue weighted by Crippen LogP contribution is -2.40. The number of hydrogen-bond donors (Lipinski definition) is 1. The largest absolute Gasteiger partial charge is 0.376 e. The normalized spacial score (nSPS) is 10.2. The summed E-state index contributed by atoms with van der Waals surface area (Å²) in [6, 6.07) is 7.20. The van der Waals surface area contributed by atoms with Crippen molar-refractivity contribution < 1.29 is 4.79 Å². The van der Waals surface area contributed by atoms with Gasteiger partial charge in [-0.15, -0.1) is 0 Å². The Kier molecular flexibility index (Phi) is 3.96. The predicted molar refractivity (Wildman–Crippen MR) is 80.9 cm³/mol. The first-order valence-corrected chi connectivity index (χ1v) is 6.57. The van der Waals surface area contributed by atoms with Crippen LogP contribution in [0.25, 0.3) is 0 Å². The van der Waals surface area contributed by atoms with Gasteiger partial charge in [-0.25, -0.2) is 0 Å². The van der Waals surface area contributed by atoms with Crippen LogP contribution in [0.5, 0.6) is 0 Å². The molecule has 0 atom stereocenters. The lowest BCUT2D eigenvalue weighted by atomic mass is 10.2. The maximum Gasteiger partial charge on any atom is 0.267 e. The van der Waals surface area contributed by atoms with Crippen molar-refractivity contribution in [2.24, 2.45) is 12.8 Å². The molecule has 19 heavy (non-hydrogen) atoms. The number of thiocarbonyl (C=S) groups is 1. The van der Waals surface area contributed by atoms with Crippen molar-refractivity contribution in [3.05, 3.63) is 46.7 Å². The van der Waals surface area contributed by atoms with E-state index in [-0.39, 0.29) is 11.0 Å². The number of benzene rings is 1. The first kappa shape index (κ1) is 13.7. The van der Waals surface area contributed by atoms with E-state index in [1.807, 2.05) is 6.07 Å². The molecule has 2 aromatic rings. The van der Waals surface area contributed by atoms with Gasteiger partial charge >= 0.3 is 0 Å². The van der Waals surface area contributed by atoms with Gasteiger partial charge in [0.05, 0.1) is 17.4 Å². The molecule has 0 unspecified atom stereocenters. The molecule has 0 radical (unpaired) electrons. The summed E-state index contributed by atoms with van der Waals surface area (Å²) in [5.41, 5.74) is 6.69. The Morgan fingerprint density at radius 1 is 1.53 bits per heavy atom. The highest BCUT2D eigenvalue weighted by Gasteiger charge is 2.21. The van der Waals surface area contributed by atoms with Gasteiger partial charge < -0.3 is 5.73 Å². The molecule has 0 aliphatic rings. The maximum absolute atomic E-state index is 12.4. The molecule has 5 nitrogen and oxygen atoms in total. The molecule has 0 saturated carbocycles. The molecule has 98 valence electrons. The minimum atomic E-state index is -0.307. The SMILES string of the molecule is Cn1cc(C(=O)N(C(N)=S)c2cccc(Br)c2)cn1. The number of aromatic nitrogens is 2. The summed E-state index contributed by atoms with van der Waals surface area (Å²) in [5, 5.41) is 3.96. The fraction of sp³-hybridized carbons (Fsp3) is 0.0833. The average Bonchev–Trinajstić information content (AvgIpc) is 2.75. The monoisotopic (exact) mass is 338 g/mol. The Morgan fingerprint density at radius 2 is 2.26 bits per heavy atom. The second kappa shape index (κ2) is 5.50. The van der Waals surface area contributed by atoms with Crippen molar-refractivity contribution in [2.45, 2.75) is 0 Å². The van der Waals surface area contributed by atoms with Gasteiger partial charge in [-0.05, 0) is 30.4 Å². The van der Waals surface area contributed by atoms with E-state index >= 15 is 0 Å². The molecular formula is C12H11BrN4OS. The van der Waals surface area contributed by atoms with Gasteiger partial charge in [0, 0.05) is 17.7 Å². The third-order valence-corrected chi connectivity index (χ3v) is 3.12. The molecule has 0 bridgehead atoms. The quantitative estimate of drug-likeness (QED) is 0.851. The van der Waals surface area contributed by atoms with E-state index in [1.165, 1.54) is 11.1 Å². The van der Waals surface area contributed by atoms with Crippen molar-refractivity contribution in [3.63, 3.8) is 0 Å². The zero-order valence-electron chi connectivity index (χ0n) is 10.1. The smallest absolute Gasteiger partial charge is 0.267 e. The molecule has 0 saturated heterocycles. The van der Waals surface area contributed by atoms with Crippen LogP contribution >= 0.6 is 28.1 Å². The van der Waals surface area contributed by atoms with Crippen LogP contribution in [0.3, 0.4) is 0 Å². The minimum absolute atomic E-state index is 0.00745. The van der Waals surface area contributed by atoms with Crippen LogP contribution in [0.15, 0.2) is 41.1 Å². The lowest BCUT2D eigenvalue weighted by molar-refractivity contribution is 0.100. The number of halogens is 1. The Labute approximate surface area is 124 Å². The Morgan fingerprint density at radius 3 is 2.79 bits per heavy atom. The number of anilines is 1. The molecule has 2 rings (SSSR count). The fourth-order valence-corrected chi connectivity index (χ4v) is 2.20. The predicted octanol–water partition coefficient (Wildman–Crippen LogP) is 2.07. The summed E-state index contributed by atoms with van der Waals surface area (Å²) in [7, 11) is 1.74. The standard InChI is InChI=1S/C12H11BrN4OS/c1-16-7-8(6-15-16)11(18)17(12(14)19)10-4-2-3-9(13)5-10/h2-7H,1H3,(H2,14,19). The molecule has 7 heteroatoms. The van der Waals surface area contributed by atoms with Crippen LogP contribution in [-0.2, 0) is 7.05 Å². The van der Waals surface area contributed by atoms with E-state index in [0.717, 1.165) is 4.47 Å². The van der Waals surface area contributed by atoms with Gasteiger partial charge in [0.15, 0.2) is 5.11 Å². The van der Waals surface area contributed by atoms with Crippen molar-refractivity contribution >= 4 is 44.9 Å². The summed E-state index contributed by atoms with van der Waals surface area (Å²) in [5.74, 6) is -0.307. The third-order valence-electron chi connectivity index (χ3n) is 2.44. The summed E-state index contributed by atoms with van der Waals surface area (Å²) in [4.78, 5) is 13.7. The minimum Gasteiger partial charge on any atom is -0.376 e. The van der Waals surface area contributed by atoms with Crippen LogP contribution in [0.4, 0.5) is 5.69 Å². The molecule has 0 aliphatic heterocycles. The number of aryl methyl sites for hydroxylation is 1. The van der Waals surface area contributed by atoms with Crippen LogP contribution in [-0.4, -0.2) is 20.8 Å². The number of carbonyl (C=O) groups excluding carboxylic acids is 1. The van der Waals surface area contributed by atoms with Gasteiger partial charge in [0.2, 0.25) is 0 Å². The first-order valence-electron chi connectivity index (χ1n) is 5.37. The van der Waals surface area contributed by atoms with Crippen LogP contribution in [0, 0.1) is 0 Å². The average molecular weight is 339 g/mol. The zero-order chi connectivity index (χ0) is 14.0. The van der Waals surface area contributed by atoms with Crippen molar-refractivity contribution in [1.29, 1.82) is 0 Å². The van der Waals surface area contributed by atoms with Crippen molar-refractivity contribution in [3.8, 4) is 0 Å². The van der Waals surface area contributed by atoms with Crippen LogP contribution < -0.4 is 10.6 Å². The molecule has 0 aliphatic carbocycles. The second-order valence-corrected chi connectivity index (χ2v) is 5.20. The van der Waals surface area contributed by atoms with E-state index in [2.05, 4.69) is 21.0 Å². The molecule has 0 spiro atoms. The number of amides is 1. The highest BCUT2D eigenvalue weighted by molar-refractivity contribution is 9.10. The summed E-state index contributed by atoms with van der Waals surface area (Å²) < 4.78 is 2.39. The third kappa shape index (κ3) is 2.99. The van der Waals surface area contributed by atoms with Crippen molar-refractivity contribution in [2.75, 3.05) is 4.90 Å². The van der Waals surface area contributed by atoms with Crippen molar-refractivity contribution in [1.82, 2.24) is 9.78 Å². The highest BCUT2D eigenvalue weighted by atomic mass is 79.9. The maximum atomic E-state index is 12.4. The Hall–Kier alpha value is -1.73. The fourth-order valence-electron chi connectivity index (χ4n) is 1.62. The topological polar surface area (TPSA) is 64.2 Å². The molecule has 2 N–H and O–H groups in total. The highest BCUT2D eigenvalue weighted by Crippen LogP contribution is 2.21. The van der Waals surface area contributed by atoms with Gasteiger partial charge in [0.25, 0.3) is 5.91 Å². The zero-order valence-corrected chi connectivity index (χ0v) is 12.5. The van der Waals surface area contributed by atoms with E-state index in [9.17, 15) is 4.79 Å². The molecule has 1 amide bonds. The summed E-state index contributed by atoms with van der Waals surface area (Å²) in [6.45, 7) is 0. The second-order valence-electron chi connectivity index (χ2n) is 3.86. The summed E-state index contributed by atoms with van der Waals surface area (Å²) in [6.07, 6.45) is 3.09. The molecule has 0 fully saturated rings. The van der Waals surface area contributed by atoms with Crippen LogP contribution in [0.2, 0.25) is 0 Å². The van der Waals surface area contributed by atoms with Gasteiger partial charge in [-0.3, -0.25) is 14.4 Å². The molecule has 1 aromatic carbocycles.